The van der Waals surface area contributed by atoms with Crippen LogP contribution in [0.4, 0.5) is 0 Å². The van der Waals surface area contributed by atoms with Gasteiger partial charge in [0.05, 0.1) is 17.6 Å². The monoisotopic (exact) mass is 390 g/mol. The molecule has 0 unspecified atom stereocenters. The minimum absolute atomic E-state index is 0.151. The molecule has 3 rings (SSSR count). The molecule has 0 amide bonds. The fourth-order valence-electron chi connectivity index (χ4n) is 2.82. The third-order valence-electron chi connectivity index (χ3n) is 4.34. The Morgan fingerprint density at radius 1 is 1.23 bits per heavy atom. The highest BCUT2D eigenvalue weighted by molar-refractivity contribution is 7.91. The Kier molecular flexibility index (Phi) is 5.71. The molecule has 0 bridgehead atoms. The second-order valence-corrected chi connectivity index (χ2v) is 9.14. The van der Waals surface area contributed by atoms with Gasteiger partial charge in [-0.2, -0.15) is 9.57 Å². The van der Waals surface area contributed by atoms with Gasteiger partial charge in [-0.15, -0.1) is 11.3 Å². The van der Waals surface area contributed by atoms with Crippen molar-refractivity contribution in [1.82, 2.24) is 4.31 Å². The summed E-state index contributed by atoms with van der Waals surface area (Å²) in [6.45, 7) is 0.784. The predicted octanol–water partition coefficient (Wildman–Crippen LogP) is 2.76. The number of hydrogen-bond acceptors (Lipinski definition) is 6. The summed E-state index contributed by atoms with van der Waals surface area (Å²) in [7, 11) is -3.46. The lowest BCUT2D eigenvalue weighted by molar-refractivity contribution is -0.151. The standard InChI is InChI=1S/C18H18N2O4S2/c19-12-14-3-5-15(6-4-14)13-24-18(21)16-7-9-20(10-8-16)26(22,23)17-2-1-11-25-17/h1-6,11,16H,7-10,13H2. The van der Waals surface area contributed by atoms with Crippen LogP contribution in [0.3, 0.4) is 0 Å². The van der Waals surface area contributed by atoms with Gasteiger partial charge < -0.3 is 4.74 Å². The summed E-state index contributed by atoms with van der Waals surface area (Å²) in [5, 5.41) is 10.5. The smallest absolute Gasteiger partial charge is 0.309 e. The van der Waals surface area contributed by atoms with Crippen LogP contribution >= 0.6 is 11.3 Å². The van der Waals surface area contributed by atoms with Gasteiger partial charge in [-0.1, -0.05) is 18.2 Å². The zero-order chi connectivity index (χ0) is 18.6. The van der Waals surface area contributed by atoms with E-state index in [0.29, 0.717) is 35.7 Å². The third kappa shape index (κ3) is 4.12. The van der Waals surface area contributed by atoms with E-state index in [9.17, 15) is 13.2 Å². The number of sulfonamides is 1. The maximum absolute atomic E-state index is 12.5. The fourth-order valence-corrected chi connectivity index (χ4v) is 5.43. The fraction of sp³-hybridized carbons (Fsp3) is 0.333. The Balaban J connectivity index is 1.51. The summed E-state index contributed by atoms with van der Waals surface area (Å²) in [5.74, 6) is -0.592. The van der Waals surface area contributed by atoms with Crippen LogP contribution in [0.1, 0.15) is 24.0 Å². The molecule has 2 heterocycles. The van der Waals surface area contributed by atoms with Gasteiger partial charge in [0.25, 0.3) is 10.0 Å². The Bertz CT molecular complexity index is 892. The van der Waals surface area contributed by atoms with Crippen molar-refractivity contribution in [2.45, 2.75) is 23.7 Å². The summed E-state index contributed by atoms with van der Waals surface area (Å²) < 4.78 is 32.1. The quantitative estimate of drug-likeness (QED) is 0.733. The van der Waals surface area contributed by atoms with Crippen LogP contribution in [0.2, 0.25) is 0 Å². The van der Waals surface area contributed by atoms with Gasteiger partial charge in [0.1, 0.15) is 10.8 Å². The largest absolute Gasteiger partial charge is 0.461 e. The molecule has 8 heteroatoms. The Hall–Kier alpha value is -2.21. The van der Waals surface area contributed by atoms with Gasteiger partial charge >= 0.3 is 5.97 Å². The number of carbonyl (C=O) groups is 1. The van der Waals surface area contributed by atoms with Gasteiger partial charge in [-0.25, -0.2) is 8.42 Å². The van der Waals surface area contributed by atoms with Crippen molar-refractivity contribution < 1.29 is 17.9 Å². The Morgan fingerprint density at radius 3 is 2.50 bits per heavy atom. The van der Waals surface area contributed by atoms with Crippen LogP contribution in [0, 0.1) is 17.2 Å². The van der Waals surface area contributed by atoms with Gasteiger partial charge in [0.2, 0.25) is 0 Å². The molecule has 2 aromatic rings. The molecule has 1 fully saturated rings. The maximum Gasteiger partial charge on any atom is 0.309 e. The van der Waals surface area contributed by atoms with Gasteiger partial charge in [0, 0.05) is 13.1 Å². The molecule has 0 spiro atoms. The second kappa shape index (κ2) is 7.99. The van der Waals surface area contributed by atoms with E-state index in [1.807, 2.05) is 6.07 Å². The first-order valence-corrected chi connectivity index (χ1v) is 10.5. The maximum atomic E-state index is 12.5. The number of ether oxygens (including phenoxy) is 1. The Morgan fingerprint density at radius 2 is 1.92 bits per heavy atom. The zero-order valence-electron chi connectivity index (χ0n) is 14.0. The van der Waals surface area contributed by atoms with Crippen molar-refractivity contribution in [3.05, 3.63) is 52.9 Å². The lowest BCUT2D eigenvalue weighted by Crippen LogP contribution is -2.40. The van der Waals surface area contributed by atoms with Crippen molar-refractivity contribution in [3.8, 4) is 6.07 Å². The van der Waals surface area contributed by atoms with Crippen molar-refractivity contribution in [2.24, 2.45) is 5.92 Å². The van der Waals surface area contributed by atoms with E-state index in [-0.39, 0.29) is 18.5 Å². The molecule has 136 valence electrons. The lowest BCUT2D eigenvalue weighted by Gasteiger charge is -2.29. The van der Waals surface area contributed by atoms with E-state index in [1.54, 1.807) is 41.8 Å². The van der Waals surface area contributed by atoms with E-state index in [0.717, 1.165) is 5.56 Å². The predicted molar refractivity (Wildman–Crippen MR) is 96.8 cm³/mol. The number of hydrogen-bond donors (Lipinski definition) is 0. The van der Waals surface area contributed by atoms with E-state index < -0.39 is 10.0 Å². The summed E-state index contributed by atoms with van der Waals surface area (Å²) >= 11 is 1.20. The van der Waals surface area contributed by atoms with E-state index in [2.05, 4.69) is 0 Å². The van der Waals surface area contributed by atoms with E-state index >= 15 is 0 Å². The van der Waals surface area contributed by atoms with Crippen LogP contribution in [-0.4, -0.2) is 31.8 Å². The average molecular weight is 390 g/mol. The van der Waals surface area contributed by atoms with Crippen LogP contribution in [0.15, 0.2) is 46.0 Å². The van der Waals surface area contributed by atoms with E-state index in [4.69, 9.17) is 10.00 Å². The number of esters is 1. The molecule has 0 saturated carbocycles. The van der Waals surface area contributed by atoms with Gasteiger partial charge in [-0.3, -0.25) is 4.79 Å². The number of nitrogens with zero attached hydrogens (tertiary/aromatic N) is 2. The minimum atomic E-state index is -3.46. The van der Waals surface area contributed by atoms with Crippen LogP contribution in [-0.2, 0) is 26.2 Å². The second-order valence-electron chi connectivity index (χ2n) is 6.03. The first-order valence-electron chi connectivity index (χ1n) is 8.20. The topological polar surface area (TPSA) is 87.5 Å². The summed E-state index contributed by atoms with van der Waals surface area (Å²) in [4.78, 5) is 12.2. The van der Waals surface area contributed by atoms with Crippen molar-refractivity contribution in [3.63, 3.8) is 0 Å². The molecule has 6 nitrogen and oxygen atoms in total. The molecule has 1 saturated heterocycles. The van der Waals surface area contributed by atoms with Crippen LogP contribution in [0.25, 0.3) is 0 Å². The van der Waals surface area contributed by atoms with E-state index in [1.165, 1.54) is 15.6 Å². The number of benzene rings is 1. The molecule has 1 aliphatic rings. The molecular formula is C18H18N2O4S2. The molecule has 26 heavy (non-hydrogen) atoms. The highest BCUT2D eigenvalue weighted by atomic mass is 32.2. The third-order valence-corrected chi connectivity index (χ3v) is 7.61. The lowest BCUT2D eigenvalue weighted by atomic mass is 9.98. The highest BCUT2D eigenvalue weighted by Crippen LogP contribution is 2.27. The number of rotatable bonds is 5. The number of nitriles is 1. The first kappa shape index (κ1) is 18.6. The Labute approximate surface area is 156 Å². The summed E-state index contributed by atoms with van der Waals surface area (Å²) in [5.41, 5.74) is 1.37. The summed E-state index contributed by atoms with van der Waals surface area (Å²) in [6, 6.07) is 12.2. The highest BCUT2D eigenvalue weighted by Gasteiger charge is 2.33. The van der Waals surface area contributed by atoms with Crippen LogP contribution in [0.5, 0.6) is 0 Å². The minimum Gasteiger partial charge on any atom is -0.461 e. The molecule has 1 aromatic carbocycles. The average Bonchev–Trinajstić information content (AvgIpc) is 3.22. The number of piperidine rings is 1. The first-order chi connectivity index (χ1) is 12.5. The van der Waals surface area contributed by atoms with Crippen molar-refractivity contribution in [2.75, 3.05) is 13.1 Å². The molecular weight excluding hydrogens is 372 g/mol. The SMILES string of the molecule is N#Cc1ccc(COC(=O)C2CCN(S(=O)(=O)c3cccs3)CC2)cc1. The van der Waals surface area contributed by atoms with Crippen molar-refractivity contribution >= 4 is 27.3 Å². The summed E-state index contributed by atoms with van der Waals surface area (Å²) in [6.07, 6.45) is 0.910. The molecule has 0 aliphatic carbocycles. The van der Waals surface area contributed by atoms with Crippen LogP contribution < -0.4 is 0 Å². The molecule has 1 aromatic heterocycles. The molecule has 0 N–H and O–H groups in total. The van der Waals surface area contributed by atoms with Gasteiger partial charge in [0.15, 0.2) is 0 Å². The normalized spacial score (nSPS) is 16.1. The molecule has 0 radical (unpaired) electrons. The number of carbonyl (C=O) groups excluding carboxylic acids is 1. The van der Waals surface area contributed by atoms with Crippen molar-refractivity contribution in [1.29, 1.82) is 5.26 Å². The number of thiophene rings is 1. The molecule has 0 atom stereocenters. The molecule has 1 aliphatic heterocycles. The van der Waals surface area contributed by atoms with Gasteiger partial charge in [-0.05, 0) is 42.0 Å². The zero-order valence-corrected chi connectivity index (χ0v) is 15.6.